The SMILES string of the molecule is COc1ccc(S(=O)(=O)N(CC(=O)NO)CC(F)F)cc1. The number of nitrogens with zero attached hydrogens (tertiary/aromatic N) is 1. The quantitative estimate of drug-likeness (QED) is 0.561. The minimum absolute atomic E-state index is 0.269. The van der Waals surface area contributed by atoms with Crippen molar-refractivity contribution in [2.45, 2.75) is 11.3 Å². The molecule has 0 spiro atoms. The van der Waals surface area contributed by atoms with E-state index in [-0.39, 0.29) is 9.20 Å². The van der Waals surface area contributed by atoms with Crippen LogP contribution in [-0.2, 0) is 14.8 Å². The van der Waals surface area contributed by atoms with Crippen molar-refractivity contribution < 1.29 is 31.9 Å². The summed E-state index contributed by atoms with van der Waals surface area (Å²) < 4.78 is 54.5. The second-order valence-corrected chi connectivity index (χ2v) is 5.84. The van der Waals surface area contributed by atoms with Crippen molar-refractivity contribution in [3.05, 3.63) is 24.3 Å². The molecule has 0 radical (unpaired) electrons. The highest BCUT2D eigenvalue weighted by Crippen LogP contribution is 2.20. The fraction of sp³-hybridized carbons (Fsp3) is 0.364. The first-order valence-corrected chi connectivity index (χ1v) is 7.10. The van der Waals surface area contributed by atoms with E-state index in [4.69, 9.17) is 9.94 Å². The number of sulfonamides is 1. The zero-order valence-corrected chi connectivity index (χ0v) is 11.8. The van der Waals surface area contributed by atoms with Gasteiger partial charge in [0.25, 0.3) is 12.3 Å². The Hall–Kier alpha value is -1.78. The van der Waals surface area contributed by atoms with E-state index in [1.165, 1.54) is 36.9 Å². The van der Waals surface area contributed by atoms with E-state index in [0.717, 1.165) is 0 Å². The number of hydroxylamine groups is 1. The third-order valence-corrected chi connectivity index (χ3v) is 4.31. The Morgan fingerprint density at radius 3 is 2.38 bits per heavy atom. The number of ether oxygens (including phenoxy) is 1. The number of carbonyl (C=O) groups is 1. The van der Waals surface area contributed by atoms with Crippen LogP contribution in [0.3, 0.4) is 0 Å². The van der Waals surface area contributed by atoms with E-state index in [9.17, 15) is 22.0 Å². The van der Waals surface area contributed by atoms with Crippen molar-refractivity contribution in [3.8, 4) is 5.75 Å². The molecule has 1 rings (SSSR count). The monoisotopic (exact) mass is 324 g/mol. The van der Waals surface area contributed by atoms with Crippen molar-refractivity contribution in [3.63, 3.8) is 0 Å². The van der Waals surface area contributed by atoms with Gasteiger partial charge >= 0.3 is 0 Å². The number of carbonyl (C=O) groups excluding carboxylic acids is 1. The first-order valence-electron chi connectivity index (χ1n) is 5.66. The maximum Gasteiger partial charge on any atom is 0.258 e. The van der Waals surface area contributed by atoms with Crippen LogP contribution in [0.25, 0.3) is 0 Å². The predicted octanol–water partition coefficient (Wildman–Crippen LogP) is 0.456. The van der Waals surface area contributed by atoms with Gasteiger partial charge in [0, 0.05) is 0 Å². The number of hydrogen-bond acceptors (Lipinski definition) is 5. The molecule has 0 saturated heterocycles. The zero-order valence-electron chi connectivity index (χ0n) is 11.0. The van der Waals surface area contributed by atoms with Gasteiger partial charge in [0.2, 0.25) is 10.0 Å². The third-order valence-electron chi connectivity index (χ3n) is 2.48. The Bertz CT molecular complexity index is 577. The fourth-order valence-electron chi connectivity index (χ4n) is 1.49. The van der Waals surface area contributed by atoms with Crippen molar-refractivity contribution in [2.75, 3.05) is 20.2 Å². The van der Waals surface area contributed by atoms with Gasteiger partial charge in [-0.05, 0) is 24.3 Å². The first kappa shape index (κ1) is 17.3. The van der Waals surface area contributed by atoms with Gasteiger partial charge in [0.1, 0.15) is 5.75 Å². The van der Waals surface area contributed by atoms with Crippen molar-refractivity contribution in [2.24, 2.45) is 0 Å². The summed E-state index contributed by atoms with van der Waals surface area (Å²) in [6.45, 7) is -2.09. The number of rotatable bonds is 7. The Labute approximate surface area is 120 Å². The molecule has 0 unspecified atom stereocenters. The van der Waals surface area contributed by atoms with Crippen LogP contribution in [-0.4, -0.2) is 50.5 Å². The minimum Gasteiger partial charge on any atom is -0.497 e. The van der Waals surface area contributed by atoms with Gasteiger partial charge in [-0.25, -0.2) is 22.7 Å². The molecule has 0 aliphatic rings. The zero-order chi connectivity index (χ0) is 16.0. The van der Waals surface area contributed by atoms with Crippen LogP contribution in [0.1, 0.15) is 0 Å². The average molecular weight is 324 g/mol. The molecule has 0 aliphatic heterocycles. The lowest BCUT2D eigenvalue weighted by Gasteiger charge is -2.20. The molecule has 1 aromatic rings. The maximum atomic E-state index is 12.5. The largest absolute Gasteiger partial charge is 0.497 e. The van der Waals surface area contributed by atoms with Gasteiger partial charge in [-0.2, -0.15) is 4.31 Å². The number of benzene rings is 1. The topological polar surface area (TPSA) is 95.9 Å². The van der Waals surface area contributed by atoms with Crippen molar-refractivity contribution in [1.29, 1.82) is 0 Å². The lowest BCUT2D eigenvalue weighted by Crippen LogP contribution is -2.42. The van der Waals surface area contributed by atoms with Crippen LogP contribution in [0.15, 0.2) is 29.2 Å². The van der Waals surface area contributed by atoms with Gasteiger partial charge in [-0.3, -0.25) is 10.0 Å². The molecule has 1 aromatic carbocycles. The molecule has 0 saturated carbocycles. The number of nitrogens with one attached hydrogen (secondary N) is 1. The van der Waals surface area contributed by atoms with Gasteiger partial charge in [0.05, 0.1) is 25.1 Å². The molecule has 118 valence electrons. The summed E-state index contributed by atoms with van der Waals surface area (Å²) >= 11 is 0. The summed E-state index contributed by atoms with van der Waals surface area (Å²) in [6, 6.07) is 5.03. The average Bonchev–Trinajstić information content (AvgIpc) is 2.45. The summed E-state index contributed by atoms with van der Waals surface area (Å²) in [4.78, 5) is 10.8. The Morgan fingerprint density at radius 2 is 1.95 bits per heavy atom. The van der Waals surface area contributed by atoms with Crippen LogP contribution < -0.4 is 10.2 Å². The van der Waals surface area contributed by atoms with Crippen LogP contribution in [0.4, 0.5) is 8.78 Å². The van der Waals surface area contributed by atoms with Gasteiger partial charge in [-0.15, -0.1) is 0 Å². The molecule has 0 atom stereocenters. The van der Waals surface area contributed by atoms with Gasteiger partial charge in [-0.1, -0.05) is 0 Å². The molecular weight excluding hydrogens is 310 g/mol. The van der Waals surface area contributed by atoms with Crippen LogP contribution >= 0.6 is 0 Å². The Kier molecular flexibility index (Phi) is 6.00. The van der Waals surface area contributed by atoms with E-state index in [2.05, 4.69) is 0 Å². The van der Waals surface area contributed by atoms with Gasteiger partial charge in [0.15, 0.2) is 0 Å². The second kappa shape index (κ2) is 7.29. The summed E-state index contributed by atoms with van der Waals surface area (Å²) in [5, 5.41) is 8.40. The molecule has 0 aliphatic carbocycles. The molecule has 0 aromatic heterocycles. The van der Waals surface area contributed by atoms with E-state index < -0.39 is 35.4 Å². The first-order chi connectivity index (χ1) is 9.81. The number of methoxy groups -OCH3 is 1. The van der Waals surface area contributed by atoms with Crippen molar-refractivity contribution >= 4 is 15.9 Å². The molecule has 21 heavy (non-hydrogen) atoms. The number of halogens is 2. The lowest BCUT2D eigenvalue weighted by molar-refractivity contribution is -0.129. The van der Waals surface area contributed by atoms with E-state index >= 15 is 0 Å². The minimum atomic E-state index is -4.30. The van der Waals surface area contributed by atoms with Crippen LogP contribution in [0.2, 0.25) is 0 Å². The third kappa shape index (κ3) is 4.62. The number of amides is 1. The normalized spacial score (nSPS) is 11.7. The molecule has 7 nitrogen and oxygen atoms in total. The molecule has 0 bridgehead atoms. The summed E-state index contributed by atoms with van der Waals surface area (Å²) in [6.07, 6.45) is -2.97. The van der Waals surface area contributed by atoms with E-state index in [1.54, 1.807) is 0 Å². The molecule has 1 amide bonds. The van der Waals surface area contributed by atoms with E-state index in [0.29, 0.717) is 5.75 Å². The van der Waals surface area contributed by atoms with E-state index in [1.807, 2.05) is 0 Å². The second-order valence-electron chi connectivity index (χ2n) is 3.90. The fourth-order valence-corrected chi connectivity index (χ4v) is 2.87. The molecule has 0 fully saturated rings. The highest BCUT2D eigenvalue weighted by Gasteiger charge is 2.29. The predicted molar refractivity (Wildman–Crippen MR) is 67.7 cm³/mol. The maximum absolute atomic E-state index is 12.5. The lowest BCUT2D eigenvalue weighted by atomic mass is 10.3. The molecule has 10 heteroatoms. The smallest absolute Gasteiger partial charge is 0.258 e. The summed E-state index contributed by atoms with van der Waals surface area (Å²) in [5.74, 6) is -0.727. The molecular formula is C11H14F2N2O5S. The Balaban J connectivity index is 3.09. The summed E-state index contributed by atoms with van der Waals surface area (Å²) in [7, 11) is -2.91. The van der Waals surface area contributed by atoms with Crippen LogP contribution in [0, 0.1) is 0 Å². The Morgan fingerprint density at radius 1 is 1.38 bits per heavy atom. The van der Waals surface area contributed by atoms with Crippen molar-refractivity contribution in [1.82, 2.24) is 9.79 Å². The van der Waals surface area contributed by atoms with Crippen LogP contribution in [0.5, 0.6) is 5.75 Å². The summed E-state index contributed by atoms with van der Waals surface area (Å²) in [5.41, 5.74) is 1.20. The highest BCUT2D eigenvalue weighted by molar-refractivity contribution is 7.89. The van der Waals surface area contributed by atoms with Gasteiger partial charge < -0.3 is 4.74 Å². The standard InChI is InChI=1S/C11H14F2N2O5S/c1-20-8-2-4-9(5-3-8)21(18,19)15(6-10(12)13)7-11(16)14-17/h2-5,10,17H,6-7H2,1H3,(H,14,16). The highest BCUT2D eigenvalue weighted by atomic mass is 32.2. The molecule has 2 N–H and O–H groups in total. The molecule has 0 heterocycles. The number of hydrogen-bond donors (Lipinski definition) is 2. The number of alkyl halides is 2.